The smallest absolute Gasteiger partial charge is 0.228 e. The quantitative estimate of drug-likeness (QED) is 0.916. The maximum absolute atomic E-state index is 5.28. The van der Waals surface area contributed by atoms with E-state index in [1.54, 1.807) is 6.20 Å². The molecule has 1 unspecified atom stereocenters. The van der Waals surface area contributed by atoms with E-state index < -0.39 is 0 Å². The van der Waals surface area contributed by atoms with Crippen molar-refractivity contribution >= 4 is 15.9 Å². The number of hydrogen-bond donors (Lipinski definition) is 1. The number of nitrogens with zero attached hydrogens (tertiary/aromatic N) is 3. The lowest BCUT2D eigenvalue weighted by Gasteiger charge is -2.17. The molecule has 0 bridgehead atoms. The topological polar surface area (TPSA) is 63.8 Å². The number of aromatic nitrogens is 3. The van der Waals surface area contributed by atoms with E-state index in [1.165, 1.54) is 0 Å². The molecule has 19 heavy (non-hydrogen) atoms. The summed E-state index contributed by atoms with van der Waals surface area (Å²) < 4.78 is 6.20. The Kier molecular flexibility index (Phi) is 4.66. The summed E-state index contributed by atoms with van der Waals surface area (Å²) in [6.07, 6.45) is 2.44. The van der Waals surface area contributed by atoms with Gasteiger partial charge in [0.15, 0.2) is 0 Å². The van der Waals surface area contributed by atoms with Crippen LogP contribution in [-0.4, -0.2) is 28.2 Å². The summed E-state index contributed by atoms with van der Waals surface area (Å²) in [5, 5.41) is 7.23. The van der Waals surface area contributed by atoms with Crippen molar-refractivity contribution in [3.05, 3.63) is 28.7 Å². The molecule has 1 N–H and O–H groups in total. The third-order valence-corrected chi connectivity index (χ3v) is 3.46. The van der Waals surface area contributed by atoms with Crippen molar-refractivity contribution in [1.29, 1.82) is 0 Å². The third kappa shape index (κ3) is 3.61. The molecule has 0 radical (unpaired) electrons. The molecule has 0 saturated carbocycles. The molecule has 6 heteroatoms. The van der Waals surface area contributed by atoms with Crippen LogP contribution < -0.4 is 5.32 Å². The summed E-state index contributed by atoms with van der Waals surface area (Å²) in [6, 6.07) is 4.09. The van der Waals surface area contributed by atoms with E-state index in [1.807, 2.05) is 19.2 Å². The maximum atomic E-state index is 5.28. The Morgan fingerprint density at radius 2 is 2.16 bits per heavy atom. The summed E-state index contributed by atoms with van der Waals surface area (Å²) in [6.45, 7) is 4.32. The lowest BCUT2D eigenvalue weighted by Crippen LogP contribution is -2.32. The molecule has 0 amide bonds. The van der Waals surface area contributed by atoms with E-state index in [9.17, 15) is 0 Å². The first-order chi connectivity index (χ1) is 9.10. The van der Waals surface area contributed by atoms with Crippen molar-refractivity contribution in [2.24, 2.45) is 5.92 Å². The molecule has 5 nitrogen and oxygen atoms in total. The zero-order valence-corrected chi connectivity index (χ0v) is 12.8. The molecule has 102 valence electrons. The first kappa shape index (κ1) is 14.1. The Labute approximate surface area is 121 Å². The minimum atomic E-state index is 0.325. The van der Waals surface area contributed by atoms with Crippen LogP contribution in [0.25, 0.3) is 11.5 Å². The van der Waals surface area contributed by atoms with Gasteiger partial charge in [0.2, 0.25) is 11.7 Å². The normalized spacial score (nSPS) is 12.9. The Morgan fingerprint density at radius 1 is 1.37 bits per heavy atom. The summed E-state index contributed by atoms with van der Waals surface area (Å²) in [7, 11) is 1.94. The highest BCUT2D eigenvalue weighted by atomic mass is 79.9. The Balaban J connectivity index is 2.12. The average Bonchev–Trinajstić information content (AvgIpc) is 2.85. The van der Waals surface area contributed by atoms with E-state index in [0.717, 1.165) is 10.9 Å². The highest BCUT2D eigenvalue weighted by molar-refractivity contribution is 9.10. The van der Waals surface area contributed by atoms with Gasteiger partial charge in [-0.2, -0.15) is 4.98 Å². The van der Waals surface area contributed by atoms with Crippen LogP contribution in [0.3, 0.4) is 0 Å². The average molecular weight is 325 g/mol. The van der Waals surface area contributed by atoms with Crippen LogP contribution in [0, 0.1) is 5.92 Å². The molecule has 2 heterocycles. The number of nitrogens with one attached hydrogen (secondary N) is 1. The molecular weight excluding hydrogens is 308 g/mol. The highest BCUT2D eigenvalue weighted by Crippen LogP contribution is 2.17. The number of halogens is 1. The van der Waals surface area contributed by atoms with Gasteiger partial charge in [0.25, 0.3) is 0 Å². The molecule has 2 aromatic heterocycles. The van der Waals surface area contributed by atoms with Crippen LogP contribution in [0.5, 0.6) is 0 Å². The van der Waals surface area contributed by atoms with Gasteiger partial charge >= 0.3 is 0 Å². The van der Waals surface area contributed by atoms with Gasteiger partial charge in [-0.3, -0.25) is 4.98 Å². The molecule has 0 spiro atoms. The van der Waals surface area contributed by atoms with Crippen molar-refractivity contribution in [3.8, 4) is 11.5 Å². The van der Waals surface area contributed by atoms with Crippen molar-refractivity contribution in [1.82, 2.24) is 20.4 Å². The van der Waals surface area contributed by atoms with E-state index in [4.69, 9.17) is 4.52 Å². The summed E-state index contributed by atoms with van der Waals surface area (Å²) in [5.74, 6) is 1.67. The van der Waals surface area contributed by atoms with Crippen molar-refractivity contribution in [2.75, 3.05) is 7.05 Å². The van der Waals surface area contributed by atoms with Gasteiger partial charge in [-0.15, -0.1) is 0 Å². The second-order valence-corrected chi connectivity index (χ2v) is 5.63. The molecule has 0 aliphatic carbocycles. The molecule has 0 saturated heterocycles. The van der Waals surface area contributed by atoms with Crippen LogP contribution in [-0.2, 0) is 6.42 Å². The first-order valence-corrected chi connectivity index (χ1v) is 7.01. The van der Waals surface area contributed by atoms with Crippen molar-refractivity contribution in [3.63, 3.8) is 0 Å². The lowest BCUT2D eigenvalue weighted by atomic mass is 10.0. The van der Waals surface area contributed by atoms with Crippen LogP contribution in [0.15, 0.2) is 27.3 Å². The fourth-order valence-corrected chi connectivity index (χ4v) is 2.04. The maximum Gasteiger partial charge on any atom is 0.228 e. The van der Waals surface area contributed by atoms with Crippen molar-refractivity contribution in [2.45, 2.75) is 26.3 Å². The van der Waals surface area contributed by atoms with Crippen LogP contribution in [0.1, 0.15) is 19.7 Å². The number of likely N-dealkylation sites (N-methyl/N-ethyl adjacent to an activating group) is 1. The molecule has 2 rings (SSSR count). The molecule has 0 aliphatic heterocycles. The van der Waals surface area contributed by atoms with Crippen LogP contribution in [0.4, 0.5) is 0 Å². The second-order valence-electron chi connectivity index (χ2n) is 4.72. The fraction of sp³-hybridized carbons (Fsp3) is 0.462. The first-order valence-electron chi connectivity index (χ1n) is 6.22. The Bertz CT molecular complexity index is 524. The predicted molar refractivity (Wildman–Crippen MR) is 76.6 cm³/mol. The zero-order chi connectivity index (χ0) is 13.8. The number of rotatable bonds is 5. The fourth-order valence-electron chi connectivity index (χ4n) is 1.81. The second kappa shape index (κ2) is 6.25. The van der Waals surface area contributed by atoms with Crippen LogP contribution >= 0.6 is 15.9 Å². The van der Waals surface area contributed by atoms with Gasteiger partial charge in [0.1, 0.15) is 5.69 Å². The van der Waals surface area contributed by atoms with E-state index >= 15 is 0 Å². The van der Waals surface area contributed by atoms with Gasteiger partial charge in [-0.05, 0) is 41.0 Å². The molecule has 0 aliphatic rings. The Hall–Kier alpha value is -1.27. The van der Waals surface area contributed by atoms with Crippen molar-refractivity contribution < 1.29 is 4.52 Å². The van der Waals surface area contributed by atoms with Crippen LogP contribution in [0.2, 0.25) is 0 Å². The predicted octanol–water partition coefficient (Wildman–Crippen LogP) is 2.68. The molecule has 0 aromatic carbocycles. The van der Waals surface area contributed by atoms with Gasteiger partial charge in [0, 0.05) is 23.1 Å². The molecule has 2 aromatic rings. The molecule has 0 fully saturated rings. The van der Waals surface area contributed by atoms with E-state index in [0.29, 0.717) is 29.4 Å². The van der Waals surface area contributed by atoms with Gasteiger partial charge in [-0.1, -0.05) is 19.0 Å². The van der Waals surface area contributed by atoms with E-state index in [2.05, 4.69) is 50.2 Å². The molecule has 1 atom stereocenters. The monoisotopic (exact) mass is 324 g/mol. The summed E-state index contributed by atoms with van der Waals surface area (Å²) in [5.41, 5.74) is 0.712. The lowest BCUT2D eigenvalue weighted by molar-refractivity contribution is 0.335. The van der Waals surface area contributed by atoms with E-state index in [-0.39, 0.29) is 0 Å². The van der Waals surface area contributed by atoms with Gasteiger partial charge in [0.05, 0.1) is 0 Å². The molecular formula is C13H17BrN4O. The minimum absolute atomic E-state index is 0.325. The Morgan fingerprint density at radius 3 is 2.74 bits per heavy atom. The standard InChI is InChI=1S/C13H17BrN4O/c1-8(2)11(15-3)6-12-17-13(18-19-12)10-5-4-9(14)7-16-10/h4-5,7-8,11,15H,6H2,1-3H3. The largest absolute Gasteiger partial charge is 0.339 e. The van der Waals surface area contributed by atoms with Gasteiger partial charge in [-0.25, -0.2) is 0 Å². The number of hydrogen-bond acceptors (Lipinski definition) is 5. The summed E-state index contributed by atoms with van der Waals surface area (Å²) >= 11 is 3.35. The van der Waals surface area contributed by atoms with Gasteiger partial charge < -0.3 is 9.84 Å². The minimum Gasteiger partial charge on any atom is -0.339 e. The highest BCUT2D eigenvalue weighted by Gasteiger charge is 2.17. The SMILES string of the molecule is CNC(Cc1nc(-c2ccc(Br)cn2)no1)C(C)C. The number of pyridine rings is 1. The summed E-state index contributed by atoms with van der Waals surface area (Å²) in [4.78, 5) is 8.63. The third-order valence-electron chi connectivity index (χ3n) is 2.99. The zero-order valence-electron chi connectivity index (χ0n) is 11.2.